The highest BCUT2D eigenvalue weighted by Crippen LogP contribution is 2.29. The number of ketones is 2. The topological polar surface area (TPSA) is 79.8 Å². The number of carbonyl (C=O) groups is 2. The molecule has 37 heavy (non-hydrogen) atoms. The zero-order valence-corrected chi connectivity index (χ0v) is 21.4. The predicted molar refractivity (Wildman–Crippen MR) is 147 cm³/mol. The van der Waals surface area contributed by atoms with Crippen molar-refractivity contribution in [3.8, 4) is 11.1 Å². The van der Waals surface area contributed by atoms with Gasteiger partial charge in [-0.3, -0.25) is 14.3 Å². The monoisotopic (exact) mass is 510 g/mol. The molecule has 0 amide bonds. The third kappa shape index (κ3) is 5.26. The van der Waals surface area contributed by atoms with Gasteiger partial charge >= 0.3 is 0 Å². The fourth-order valence-electron chi connectivity index (χ4n) is 4.56. The second-order valence-corrected chi connectivity index (χ2v) is 9.55. The summed E-state index contributed by atoms with van der Waals surface area (Å²) in [5, 5.41) is 9.13. The summed E-state index contributed by atoms with van der Waals surface area (Å²) in [6.45, 7) is 2.06. The second-order valence-electron chi connectivity index (χ2n) is 9.14. The van der Waals surface area contributed by atoms with Crippen molar-refractivity contribution in [3.05, 3.63) is 113 Å². The summed E-state index contributed by atoms with van der Waals surface area (Å²) in [7, 11) is 1.89. The van der Waals surface area contributed by atoms with Crippen molar-refractivity contribution in [2.24, 2.45) is 7.05 Å². The number of H-pyrrole nitrogens is 1. The first-order chi connectivity index (χ1) is 17.9. The number of aromatic amines is 1. The highest BCUT2D eigenvalue weighted by atomic mass is 35.5. The lowest BCUT2D eigenvalue weighted by molar-refractivity contribution is 0.0944. The maximum Gasteiger partial charge on any atom is 0.186 e. The zero-order valence-electron chi connectivity index (χ0n) is 20.7. The van der Waals surface area contributed by atoms with E-state index < -0.39 is 6.04 Å². The van der Waals surface area contributed by atoms with E-state index in [2.05, 4.69) is 15.4 Å². The van der Waals surface area contributed by atoms with Gasteiger partial charge < -0.3 is 10.3 Å². The molecule has 0 bridgehead atoms. The summed E-state index contributed by atoms with van der Waals surface area (Å²) in [5.74, 6) is -0.0304. The quantitative estimate of drug-likeness (QED) is 0.232. The van der Waals surface area contributed by atoms with Gasteiger partial charge in [0.25, 0.3) is 0 Å². The molecule has 5 aromatic rings. The Morgan fingerprint density at radius 3 is 2.57 bits per heavy atom. The number of aryl methyl sites for hydroxylation is 1. The van der Waals surface area contributed by atoms with Gasteiger partial charge in [0, 0.05) is 58.6 Å². The van der Waals surface area contributed by atoms with Gasteiger partial charge in [0.2, 0.25) is 0 Å². The van der Waals surface area contributed by atoms with E-state index in [0.717, 1.165) is 33.2 Å². The Labute approximate surface area is 220 Å². The molecule has 2 aromatic heterocycles. The molecule has 1 atom stereocenters. The van der Waals surface area contributed by atoms with Crippen molar-refractivity contribution in [2.75, 3.05) is 6.54 Å². The van der Waals surface area contributed by atoms with Crippen LogP contribution in [-0.4, -0.2) is 32.9 Å². The van der Waals surface area contributed by atoms with Gasteiger partial charge in [0.15, 0.2) is 11.6 Å². The van der Waals surface area contributed by atoms with E-state index in [1.165, 1.54) is 6.92 Å². The van der Waals surface area contributed by atoms with Gasteiger partial charge in [0.05, 0.1) is 12.2 Å². The second kappa shape index (κ2) is 10.5. The van der Waals surface area contributed by atoms with E-state index in [4.69, 9.17) is 11.6 Å². The molecule has 2 heterocycles. The lowest BCUT2D eigenvalue weighted by Gasteiger charge is -2.18. The fraction of sp³-hybridized carbons (Fsp3) is 0.167. The molecule has 0 fully saturated rings. The first-order valence-electron chi connectivity index (χ1n) is 12.1. The number of carbonyl (C=O) groups excluding carboxylic acids is 2. The van der Waals surface area contributed by atoms with Crippen LogP contribution >= 0.6 is 11.6 Å². The molecular weight excluding hydrogens is 484 g/mol. The largest absolute Gasteiger partial charge is 0.360 e. The Bertz CT molecular complexity index is 1590. The van der Waals surface area contributed by atoms with Crippen molar-refractivity contribution in [2.45, 2.75) is 19.4 Å². The predicted octanol–water partition coefficient (Wildman–Crippen LogP) is 6.18. The van der Waals surface area contributed by atoms with E-state index >= 15 is 0 Å². The summed E-state index contributed by atoms with van der Waals surface area (Å²) < 4.78 is 1.77. The molecule has 7 heteroatoms. The minimum absolute atomic E-state index is 0.00963. The normalized spacial score (nSPS) is 12.1. The van der Waals surface area contributed by atoms with E-state index in [0.29, 0.717) is 29.1 Å². The van der Waals surface area contributed by atoms with Crippen molar-refractivity contribution in [1.82, 2.24) is 20.1 Å². The van der Waals surface area contributed by atoms with Crippen LogP contribution in [-0.2, 0) is 13.5 Å². The van der Waals surface area contributed by atoms with Crippen LogP contribution in [0.1, 0.15) is 44.8 Å². The molecule has 0 unspecified atom stereocenters. The summed E-state index contributed by atoms with van der Waals surface area (Å²) in [6, 6.07) is 20.6. The van der Waals surface area contributed by atoms with Gasteiger partial charge in [-0.25, -0.2) is 0 Å². The Balaban J connectivity index is 1.39. The number of rotatable bonds is 9. The van der Waals surface area contributed by atoms with E-state index in [-0.39, 0.29) is 11.6 Å². The molecule has 2 N–H and O–H groups in total. The number of hydrogen-bond acceptors (Lipinski definition) is 4. The highest BCUT2D eigenvalue weighted by Gasteiger charge is 2.24. The van der Waals surface area contributed by atoms with Crippen LogP contribution in [0, 0.1) is 0 Å². The van der Waals surface area contributed by atoms with Crippen LogP contribution in [0.4, 0.5) is 0 Å². The molecular formula is C30H27ClN4O2. The number of aromatic nitrogens is 3. The Morgan fingerprint density at radius 2 is 1.86 bits per heavy atom. The SMILES string of the molecule is CC(=O)c1ccc(CCN[C@@H](C(=O)c2c[nH]c3cc(-c4cnn(C)c4)ccc23)c2ccccc2)c(Cl)c1. The van der Waals surface area contributed by atoms with Gasteiger partial charge in [-0.05, 0) is 42.2 Å². The summed E-state index contributed by atoms with van der Waals surface area (Å²) >= 11 is 6.42. The van der Waals surface area contributed by atoms with Crippen molar-refractivity contribution in [1.29, 1.82) is 0 Å². The molecule has 186 valence electrons. The van der Waals surface area contributed by atoms with Crippen molar-refractivity contribution in [3.63, 3.8) is 0 Å². The smallest absolute Gasteiger partial charge is 0.186 e. The molecule has 3 aromatic carbocycles. The van der Waals surface area contributed by atoms with Gasteiger partial charge in [0.1, 0.15) is 0 Å². The summed E-state index contributed by atoms with van der Waals surface area (Å²) in [5.41, 5.74) is 6.00. The third-order valence-electron chi connectivity index (χ3n) is 6.58. The van der Waals surface area contributed by atoms with Crippen LogP contribution < -0.4 is 5.32 Å². The van der Waals surface area contributed by atoms with Gasteiger partial charge in [-0.2, -0.15) is 5.10 Å². The Hall–Kier alpha value is -4.00. The van der Waals surface area contributed by atoms with E-state index in [1.54, 1.807) is 23.0 Å². The summed E-state index contributed by atoms with van der Waals surface area (Å²) in [4.78, 5) is 28.8. The minimum atomic E-state index is -0.520. The maximum atomic E-state index is 13.8. The molecule has 0 aliphatic carbocycles. The van der Waals surface area contributed by atoms with Crippen LogP contribution in [0.25, 0.3) is 22.0 Å². The van der Waals surface area contributed by atoms with Gasteiger partial charge in [-0.15, -0.1) is 0 Å². The van der Waals surface area contributed by atoms with Gasteiger partial charge in [-0.1, -0.05) is 66.2 Å². The molecule has 6 nitrogen and oxygen atoms in total. The van der Waals surface area contributed by atoms with E-state index in [1.807, 2.05) is 74.0 Å². The molecule has 0 saturated carbocycles. The van der Waals surface area contributed by atoms with Crippen LogP contribution in [0.5, 0.6) is 0 Å². The number of Topliss-reactive ketones (excluding diaryl/α,β-unsaturated/α-hetero) is 2. The van der Waals surface area contributed by atoms with Crippen LogP contribution in [0.2, 0.25) is 5.02 Å². The first-order valence-corrected chi connectivity index (χ1v) is 12.5. The molecule has 0 spiro atoms. The fourth-order valence-corrected chi connectivity index (χ4v) is 4.84. The number of halogens is 1. The molecule has 0 aliphatic heterocycles. The Kier molecular flexibility index (Phi) is 7.04. The van der Waals surface area contributed by atoms with Crippen LogP contribution in [0.3, 0.4) is 0 Å². The third-order valence-corrected chi connectivity index (χ3v) is 6.93. The number of nitrogens with one attached hydrogen (secondary N) is 2. The van der Waals surface area contributed by atoms with E-state index in [9.17, 15) is 9.59 Å². The van der Waals surface area contributed by atoms with Crippen molar-refractivity contribution >= 4 is 34.1 Å². The number of benzene rings is 3. The minimum Gasteiger partial charge on any atom is -0.360 e. The standard InChI is InChI=1S/C30H27ClN4O2/c1-19(36)22-9-8-20(27(31)14-22)12-13-32-29(21-6-4-3-5-7-21)30(37)26-17-33-28-15-23(10-11-25(26)28)24-16-34-35(2)18-24/h3-11,14-18,29,32-33H,12-13H2,1-2H3/t29-/m1/s1. The lowest BCUT2D eigenvalue weighted by atomic mass is 9.96. The summed E-state index contributed by atoms with van der Waals surface area (Å²) in [6.07, 6.45) is 6.20. The molecule has 5 rings (SSSR count). The van der Waals surface area contributed by atoms with Crippen molar-refractivity contribution < 1.29 is 9.59 Å². The molecule has 0 saturated heterocycles. The first kappa shape index (κ1) is 24.7. The molecule has 0 radical (unpaired) electrons. The zero-order chi connectivity index (χ0) is 25.9. The maximum absolute atomic E-state index is 13.8. The number of nitrogens with zero attached hydrogens (tertiary/aromatic N) is 2. The highest BCUT2D eigenvalue weighted by molar-refractivity contribution is 6.31. The average molecular weight is 511 g/mol. The van der Waals surface area contributed by atoms with Crippen LogP contribution in [0.15, 0.2) is 85.3 Å². The number of hydrogen-bond donors (Lipinski definition) is 2. The lowest BCUT2D eigenvalue weighted by Crippen LogP contribution is -2.30. The molecule has 0 aliphatic rings. The number of fused-ring (bicyclic) bond motifs is 1. The average Bonchev–Trinajstić information content (AvgIpc) is 3.53. The Morgan fingerprint density at radius 1 is 1.05 bits per heavy atom.